The lowest BCUT2D eigenvalue weighted by molar-refractivity contribution is 0.102. The van der Waals surface area contributed by atoms with Crippen LogP contribution in [0.4, 0.5) is 5.69 Å². The molecular formula is C14H8Cl2N4OS2. The lowest BCUT2D eigenvalue weighted by Gasteiger charge is -2.07. The number of nitrogens with zero attached hydrogens (tertiary/aromatic N) is 3. The first kappa shape index (κ1) is 16.2. The van der Waals surface area contributed by atoms with Gasteiger partial charge in [-0.25, -0.2) is 4.98 Å². The number of benzene rings is 1. The molecule has 23 heavy (non-hydrogen) atoms. The molecule has 0 radical (unpaired) electrons. The second kappa shape index (κ2) is 7.27. The highest BCUT2D eigenvalue weighted by Gasteiger charge is 2.13. The second-order valence-corrected chi connectivity index (χ2v) is 7.20. The molecule has 3 aromatic rings. The van der Waals surface area contributed by atoms with Crippen molar-refractivity contribution >= 4 is 57.9 Å². The van der Waals surface area contributed by atoms with Gasteiger partial charge < -0.3 is 5.32 Å². The number of aromatic nitrogens is 3. The van der Waals surface area contributed by atoms with Gasteiger partial charge in [-0.15, -0.1) is 10.2 Å². The van der Waals surface area contributed by atoms with Gasteiger partial charge in [-0.1, -0.05) is 46.3 Å². The van der Waals surface area contributed by atoms with Gasteiger partial charge in [0.2, 0.25) is 0 Å². The van der Waals surface area contributed by atoms with E-state index in [9.17, 15) is 4.79 Å². The topological polar surface area (TPSA) is 67.8 Å². The number of nitrogens with one attached hydrogen (secondary N) is 1. The van der Waals surface area contributed by atoms with Gasteiger partial charge in [0.1, 0.15) is 16.4 Å². The summed E-state index contributed by atoms with van der Waals surface area (Å²) in [5.74, 6) is -0.415. The molecule has 0 unspecified atom stereocenters. The maximum absolute atomic E-state index is 12.2. The van der Waals surface area contributed by atoms with Crippen molar-refractivity contribution in [3.63, 3.8) is 0 Å². The third kappa shape index (κ3) is 4.20. The zero-order valence-electron chi connectivity index (χ0n) is 11.4. The van der Waals surface area contributed by atoms with Crippen molar-refractivity contribution in [1.29, 1.82) is 0 Å². The molecule has 0 aliphatic rings. The molecule has 0 spiro atoms. The van der Waals surface area contributed by atoms with E-state index in [1.54, 1.807) is 17.6 Å². The van der Waals surface area contributed by atoms with Gasteiger partial charge in [0, 0.05) is 10.6 Å². The smallest absolute Gasteiger partial charge is 0.275 e. The van der Waals surface area contributed by atoms with Gasteiger partial charge in [-0.3, -0.25) is 4.79 Å². The molecule has 3 rings (SSSR count). The molecule has 5 nitrogen and oxygen atoms in total. The summed E-state index contributed by atoms with van der Waals surface area (Å²) in [6.45, 7) is 0. The minimum atomic E-state index is -0.415. The van der Waals surface area contributed by atoms with E-state index in [0.717, 1.165) is 9.24 Å². The van der Waals surface area contributed by atoms with E-state index in [4.69, 9.17) is 23.2 Å². The third-order valence-electron chi connectivity index (χ3n) is 2.68. The minimum Gasteiger partial charge on any atom is -0.321 e. The average molecular weight is 383 g/mol. The summed E-state index contributed by atoms with van der Waals surface area (Å²) in [4.78, 5) is 17.1. The fourth-order valence-corrected chi connectivity index (χ4v) is 3.47. The third-order valence-corrected chi connectivity index (χ3v) is 4.99. The normalized spacial score (nSPS) is 10.5. The number of hydrogen-bond acceptors (Lipinski definition) is 6. The predicted octanol–water partition coefficient (Wildman–Crippen LogP) is 4.64. The highest BCUT2D eigenvalue weighted by Crippen LogP contribution is 2.29. The minimum absolute atomic E-state index is 0.0893. The summed E-state index contributed by atoms with van der Waals surface area (Å²) in [5, 5.41) is 10.9. The van der Waals surface area contributed by atoms with Gasteiger partial charge in [-0.05, 0) is 36.4 Å². The lowest BCUT2D eigenvalue weighted by atomic mass is 10.3. The first-order valence-corrected chi connectivity index (χ1v) is 8.74. The van der Waals surface area contributed by atoms with Crippen LogP contribution in [0.25, 0.3) is 0 Å². The summed E-state index contributed by atoms with van der Waals surface area (Å²) in [5.41, 5.74) is 2.40. The highest BCUT2D eigenvalue weighted by molar-refractivity contribution is 8.01. The highest BCUT2D eigenvalue weighted by atomic mass is 35.5. The van der Waals surface area contributed by atoms with Crippen LogP contribution >= 0.6 is 46.3 Å². The monoisotopic (exact) mass is 382 g/mol. The van der Waals surface area contributed by atoms with Crippen LogP contribution in [0.5, 0.6) is 0 Å². The first-order chi connectivity index (χ1) is 11.1. The van der Waals surface area contributed by atoms with Crippen molar-refractivity contribution in [1.82, 2.24) is 15.2 Å². The summed E-state index contributed by atoms with van der Waals surface area (Å²) >= 11 is 14.7. The molecule has 0 aliphatic carbocycles. The number of carbonyl (C=O) groups is 1. The van der Waals surface area contributed by atoms with Gasteiger partial charge >= 0.3 is 0 Å². The quantitative estimate of drug-likeness (QED) is 0.665. The summed E-state index contributed by atoms with van der Waals surface area (Å²) < 4.78 is 0.858. The van der Waals surface area contributed by atoms with E-state index in [1.807, 2.05) is 12.1 Å². The van der Waals surface area contributed by atoms with Crippen molar-refractivity contribution < 1.29 is 4.79 Å². The molecule has 0 aliphatic heterocycles. The maximum Gasteiger partial charge on any atom is 0.275 e. The van der Waals surface area contributed by atoms with Crippen LogP contribution in [0.1, 0.15) is 10.5 Å². The molecular weight excluding hydrogens is 375 g/mol. The summed E-state index contributed by atoms with van der Waals surface area (Å²) in [7, 11) is 0. The van der Waals surface area contributed by atoms with Crippen LogP contribution in [0, 0.1) is 0 Å². The van der Waals surface area contributed by atoms with Crippen LogP contribution in [0.15, 0.2) is 51.1 Å². The molecule has 2 aromatic heterocycles. The molecule has 2 heterocycles. The number of amides is 1. The SMILES string of the molecule is O=C(Nc1ccc(Sc2nncs2)cc1)c1nc(Cl)ccc1Cl. The maximum atomic E-state index is 12.2. The van der Waals surface area contributed by atoms with E-state index in [0.29, 0.717) is 5.69 Å². The van der Waals surface area contributed by atoms with Crippen molar-refractivity contribution in [2.75, 3.05) is 5.32 Å². The number of hydrogen-bond donors (Lipinski definition) is 1. The molecule has 116 valence electrons. The Morgan fingerprint density at radius 2 is 1.91 bits per heavy atom. The fraction of sp³-hybridized carbons (Fsp3) is 0. The van der Waals surface area contributed by atoms with Gasteiger partial charge in [-0.2, -0.15) is 0 Å². The van der Waals surface area contributed by atoms with Crippen LogP contribution < -0.4 is 5.32 Å². The molecule has 0 saturated carbocycles. The number of halogens is 2. The molecule has 0 bridgehead atoms. The molecule has 0 fully saturated rings. The Morgan fingerprint density at radius 1 is 1.13 bits per heavy atom. The Kier molecular flexibility index (Phi) is 5.12. The molecule has 9 heteroatoms. The molecule has 1 aromatic carbocycles. The Morgan fingerprint density at radius 3 is 2.61 bits per heavy atom. The summed E-state index contributed by atoms with van der Waals surface area (Å²) in [6, 6.07) is 10.4. The van der Waals surface area contributed by atoms with Crippen molar-refractivity contribution in [3.8, 4) is 0 Å². The first-order valence-electron chi connectivity index (χ1n) is 6.29. The number of carbonyl (C=O) groups excluding carboxylic acids is 1. The number of rotatable bonds is 4. The Balaban J connectivity index is 1.70. The van der Waals surface area contributed by atoms with Crippen LogP contribution in [0.2, 0.25) is 10.2 Å². The van der Waals surface area contributed by atoms with E-state index >= 15 is 0 Å². The van der Waals surface area contributed by atoms with Gasteiger partial charge in [0.05, 0.1) is 5.02 Å². The van der Waals surface area contributed by atoms with E-state index in [1.165, 1.54) is 35.2 Å². The van der Waals surface area contributed by atoms with Gasteiger partial charge in [0.15, 0.2) is 4.34 Å². The summed E-state index contributed by atoms with van der Waals surface area (Å²) in [6.07, 6.45) is 0. The average Bonchev–Trinajstić information content (AvgIpc) is 3.04. The number of anilines is 1. The van der Waals surface area contributed by atoms with Crippen molar-refractivity contribution in [3.05, 3.63) is 57.8 Å². The van der Waals surface area contributed by atoms with Crippen molar-refractivity contribution in [2.45, 2.75) is 9.24 Å². The zero-order chi connectivity index (χ0) is 16.2. The van der Waals surface area contributed by atoms with Gasteiger partial charge in [0.25, 0.3) is 5.91 Å². The van der Waals surface area contributed by atoms with E-state index in [-0.39, 0.29) is 15.9 Å². The zero-order valence-corrected chi connectivity index (χ0v) is 14.5. The molecule has 1 amide bonds. The van der Waals surface area contributed by atoms with E-state index < -0.39 is 5.91 Å². The van der Waals surface area contributed by atoms with Crippen LogP contribution in [0.3, 0.4) is 0 Å². The van der Waals surface area contributed by atoms with E-state index in [2.05, 4.69) is 20.5 Å². The lowest BCUT2D eigenvalue weighted by Crippen LogP contribution is -2.14. The Labute approximate surface area is 150 Å². The second-order valence-electron chi connectivity index (χ2n) is 4.25. The van der Waals surface area contributed by atoms with Crippen LogP contribution in [-0.2, 0) is 0 Å². The standard InChI is InChI=1S/C14H8Cl2N4OS2/c15-10-5-6-11(16)19-12(10)13(21)18-8-1-3-9(4-2-8)23-14-20-17-7-22-14/h1-7H,(H,18,21). The molecule has 1 N–H and O–H groups in total. The Bertz CT molecular complexity index is 825. The van der Waals surface area contributed by atoms with Crippen LogP contribution in [-0.4, -0.2) is 21.1 Å². The van der Waals surface area contributed by atoms with Crippen molar-refractivity contribution in [2.24, 2.45) is 0 Å². The number of pyridine rings is 1. The Hall–Kier alpha value is -1.67. The molecule has 0 atom stereocenters. The fourth-order valence-electron chi connectivity index (χ4n) is 1.68. The molecule has 0 saturated heterocycles. The predicted molar refractivity (Wildman–Crippen MR) is 92.7 cm³/mol. The largest absolute Gasteiger partial charge is 0.321 e.